The molecule has 0 amide bonds. The van der Waals surface area contributed by atoms with Crippen LogP contribution < -0.4 is 10.6 Å². The fraction of sp³-hybridized carbons (Fsp3) is 0.419. The Kier molecular flexibility index (Phi) is 5.11. The first-order valence-electron chi connectivity index (χ1n) is 14.1. The van der Waals surface area contributed by atoms with Crippen molar-refractivity contribution < 1.29 is 14.7 Å². The molecular formula is C31H34N4O3Si. The van der Waals surface area contributed by atoms with Crippen LogP contribution in [0, 0.1) is 0 Å². The fourth-order valence-electron chi connectivity index (χ4n) is 8.77. The van der Waals surface area contributed by atoms with Gasteiger partial charge in [-0.2, -0.15) is 0 Å². The van der Waals surface area contributed by atoms with Gasteiger partial charge in [0, 0.05) is 45.6 Å². The van der Waals surface area contributed by atoms with Crippen molar-refractivity contribution in [2.75, 3.05) is 0 Å². The van der Waals surface area contributed by atoms with Gasteiger partial charge >= 0.3 is 0 Å². The number of carbonyl (C=O) groups excluding carboxylic acids is 2. The van der Waals surface area contributed by atoms with Gasteiger partial charge in [0.05, 0.1) is 53.7 Å². The normalized spacial score (nSPS) is 21.4. The summed E-state index contributed by atoms with van der Waals surface area (Å²) in [4.78, 5) is 38.2. The quantitative estimate of drug-likeness (QED) is 0.387. The predicted octanol–water partition coefficient (Wildman–Crippen LogP) is 4.66. The highest BCUT2D eigenvalue weighted by molar-refractivity contribution is 6.91. The maximum Gasteiger partial charge on any atom is 0.173 e. The number of rotatable bonds is 4. The van der Waals surface area contributed by atoms with Gasteiger partial charge in [-0.05, 0) is 23.0 Å². The van der Waals surface area contributed by atoms with Crippen LogP contribution in [0.4, 0.5) is 0 Å². The molecule has 8 heteroatoms. The molecule has 3 aromatic rings. The number of hydrogen-bond acceptors (Lipinski definition) is 5. The van der Waals surface area contributed by atoms with Gasteiger partial charge in [-0.1, -0.05) is 53.7 Å². The monoisotopic (exact) mass is 538 g/mol. The zero-order valence-corrected chi connectivity index (χ0v) is 24.3. The summed E-state index contributed by atoms with van der Waals surface area (Å²) in [6.07, 6.45) is 11.2. The summed E-state index contributed by atoms with van der Waals surface area (Å²) in [5.74, 6) is -0.0816. The third-order valence-corrected chi connectivity index (χ3v) is 17.5. The lowest BCUT2D eigenvalue weighted by Gasteiger charge is -2.47. The van der Waals surface area contributed by atoms with E-state index < -0.39 is 19.7 Å². The van der Waals surface area contributed by atoms with E-state index in [1.165, 1.54) is 0 Å². The summed E-state index contributed by atoms with van der Waals surface area (Å²) in [5.41, 5.74) is 5.40. The Labute approximate surface area is 227 Å². The number of nitrogens with zero attached hydrogens (tertiary/aromatic N) is 4. The molecule has 0 spiro atoms. The summed E-state index contributed by atoms with van der Waals surface area (Å²) in [6.45, 7) is 13.5. The average molecular weight is 539 g/mol. The molecule has 2 aromatic heterocycles. The van der Waals surface area contributed by atoms with Gasteiger partial charge in [0.25, 0.3) is 0 Å². The molecule has 2 aliphatic carbocycles. The molecular weight excluding hydrogens is 504 g/mol. The zero-order valence-electron chi connectivity index (χ0n) is 23.3. The second-order valence-corrected chi connectivity index (χ2v) is 18.5. The third kappa shape index (κ3) is 2.81. The van der Waals surface area contributed by atoms with Crippen LogP contribution in [0.25, 0.3) is 40.2 Å². The summed E-state index contributed by atoms with van der Waals surface area (Å²) in [7, 11) is -2.46. The number of ketones is 2. The number of aromatic nitrogens is 2. The van der Waals surface area contributed by atoms with Gasteiger partial charge in [0.2, 0.25) is 0 Å². The summed E-state index contributed by atoms with van der Waals surface area (Å²) in [5, 5.41) is 14.5. The summed E-state index contributed by atoms with van der Waals surface area (Å²) >= 11 is 0. The van der Waals surface area contributed by atoms with Gasteiger partial charge < -0.3 is 9.67 Å². The first-order chi connectivity index (χ1) is 18.6. The second-order valence-electron chi connectivity index (χ2n) is 12.4. The average Bonchev–Trinajstić information content (AvgIpc) is 3.51. The minimum Gasteiger partial charge on any atom is -0.387 e. The molecule has 2 atom stereocenters. The lowest BCUT2D eigenvalue weighted by Crippen LogP contribution is -2.55. The van der Waals surface area contributed by atoms with Gasteiger partial charge in [0.15, 0.2) is 11.6 Å². The van der Waals surface area contributed by atoms with Crippen molar-refractivity contribution in [3.8, 4) is 0 Å². The van der Waals surface area contributed by atoms with Crippen LogP contribution in [0.2, 0.25) is 22.2 Å². The number of carbonyl (C=O) groups is 2. The lowest BCUT2D eigenvalue weighted by molar-refractivity contribution is -0.112. The molecule has 0 radical (unpaired) electrons. The Morgan fingerprint density at radius 2 is 1.72 bits per heavy atom. The van der Waals surface area contributed by atoms with Crippen molar-refractivity contribution in [1.29, 1.82) is 0 Å². The molecule has 39 heavy (non-hydrogen) atoms. The molecule has 200 valence electrons. The van der Waals surface area contributed by atoms with Crippen molar-refractivity contribution in [3.05, 3.63) is 39.0 Å². The smallest absolute Gasteiger partial charge is 0.173 e. The largest absolute Gasteiger partial charge is 0.387 e. The molecule has 2 aliphatic heterocycles. The summed E-state index contributed by atoms with van der Waals surface area (Å²) in [6, 6.07) is 0. The molecule has 4 aliphatic rings. The minimum atomic E-state index is -2.46. The van der Waals surface area contributed by atoms with Crippen LogP contribution in [0.5, 0.6) is 0 Å². The molecule has 7 nitrogen and oxygen atoms in total. The highest BCUT2D eigenvalue weighted by Crippen LogP contribution is 2.52. The topological polar surface area (TPSA) is 88.9 Å². The molecule has 0 fully saturated rings. The second kappa shape index (κ2) is 8.08. The fourth-order valence-corrected chi connectivity index (χ4v) is 15.9. The lowest BCUT2D eigenvalue weighted by atomic mass is 9.93. The van der Waals surface area contributed by atoms with E-state index >= 15 is 0 Å². The Morgan fingerprint density at radius 1 is 1.00 bits per heavy atom. The minimum absolute atomic E-state index is 0.0294. The van der Waals surface area contributed by atoms with Crippen LogP contribution >= 0.6 is 0 Å². The van der Waals surface area contributed by atoms with Gasteiger partial charge in [-0.15, -0.1) is 0 Å². The number of aliphatic hydroxyl groups is 1. The highest BCUT2D eigenvalue weighted by Gasteiger charge is 2.56. The molecule has 1 N–H and O–H groups in total. The molecule has 4 heterocycles. The SMILES string of the molecule is CC(C)[Si](C(C)C)(C(C)C)C1C(=O)C=c2c(c3c4c(c5c6c(n7c5c3n2CN=C7)C(O)CC=C6)C=NC=4)C1=O. The molecule has 0 saturated heterocycles. The maximum absolute atomic E-state index is 14.8. The Morgan fingerprint density at radius 3 is 2.41 bits per heavy atom. The van der Waals surface area contributed by atoms with E-state index in [-0.39, 0.29) is 28.2 Å². The molecule has 0 saturated carbocycles. The van der Waals surface area contributed by atoms with E-state index in [0.717, 1.165) is 43.8 Å². The number of benzene rings is 1. The Bertz CT molecular complexity index is 1840. The van der Waals surface area contributed by atoms with Gasteiger partial charge in [0.1, 0.15) is 6.67 Å². The first-order valence-corrected chi connectivity index (χ1v) is 16.4. The van der Waals surface area contributed by atoms with E-state index in [9.17, 15) is 14.7 Å². The Hall–Kier alpha value is -3.36. The zero-order chi connectivity index (χ0) is 27.5. The van der Waals surface area contributed by atoms with Crippen LogP contribution in [-0.4, -0.2) is 46.4 Å². The van der Waals surface area contributed by atoms with E-state index in [1.54, 1.807) is 12.4 Å². The van der Waals surface area contributed by atoms with Crippen LogP contribution in [0.1, 0.15) is 81.2 Å². The van der Waals surface area contributed by atoms with Gasteiger partial charge in [-0.3, -0.25) is 24.1 Å². The van der Waals surface area contributed by atoms with Crippen molar-refractivity contribution in [1.82, 2.24) is 9.13 Å². The number of fused-ring (bicyclic) bond motifs is 9. The highest BCUT2D eigenvalue weighted by atomic mass is 28.3. The standard InChI is InChI=1S/C31H34N4O3Si/c1-15(2)39(16(3)4,17(5)6)31-23(37)10-21-26(30(31)38)25-20-12-32-11-19(20)24-18-8-7-9-22(36)27(18)35-14-33-13-34(21)29(25)28(24)35/h7-8,10-12,14-17,22,31,36H,9,13H2,1-6H3. The number of aliphatic imine (C=N–C) groups is 2. The first kappa shape index (κ1) is 24.7. The van der Waals surface area contributed by atoms with E-state index in [4.69, 9.17) is 4.99 Å². The van der Waals surface area contributed by atoms with Crippen LogP contribution in [0.3, 0.4) is 0 Å². The number of hydrogen-bond donors (Lipinski definition) is 1. The number of aliphatic hydroxyl groups excluding tert-OH is 1. The van der Waals surface area contributed by atoms with E-state index in [1.807, 2.05) is 27.6 Å². The molecule has 1 aromatic carbocycles. The van der Waals surface area contributed by atoms with Crippen LogP contribution in [-0.2, 0) is 11.5 Å². The Balaban J connectivity index is 1.66. The van der Waals surface area contributed by atoms with Crippen molar-refractivity contribution in [2.45, 2.75) is 82.9 Å². The van der Waals surface area contributed by atoms with Crippen molar-refractivity contribution in [2.24, 2.45) is 9.98 Å². The molecule has 2 unspecified atom stereocenters. The summed E-state index contributed by atoms with van der Waals surface area (Å²) < 4.78 is 4.04. The van der Waals surface area contributed by atoms with Crippen molar-refractivity contribution >= 4 is 72.4 Å². The maximum atomic E-state index is 14.8. The third-order valence-electron chi connectivity index (χ3n) is 10.00. The molecule has 0 bridgehead atoms. The van der Waals surface area contributed by atoms with Crippen molar-refractivity contribution in [3.63, 3.8) is 0 Å². The number of Topliss-reactive ketones (excluding diaryl/α,β-unsaturated/α-hetero) is 2. The van der Waals surface area contributed by atoms with Gasteiger partial charge in [-0.25, -0.2) is 0 Å². The van der Waals surface area contributed by atoms with E-state index in [0.29, 0.717) is 24.0 Å². The van der Waals surface area contributed by atoms with Crippen LogP contribution in [0.15, 0.2) is 16.1 Å². The predicted molar refractivity (Wildman–Crippen MR) is 160 cm³/mol. The van der Waals surface area contributed by atoms with E-state index in [2.05, 4.69) is 52.6 Å². The molecule has 7 rings (SSSR count).